The van der Waals surface area contributed by atoms with Crippen molar-refractivity contribution in [3.05, 3.63) is 18.1 Å². The molecule has 0 amide bonds. The first kappa shape index (κ1) is 15.3. The summed E-state index contributed by atoms with van der Waals surface area (Å²) >= 11 is 0. The molecule has 1 unspecified atom stereocenters. The summed E-state index contributed by atoms with van der Waals surface area (Å²) in [5.74, 6) is 5.27. The Kier molecular flexibility index (Phi) is 5.98. The topological polar surface area (TPSA) is 73.3 Å². The van der Waals surface area contributed by atoms with Gasteiger partial charge in [-0.1, -0.05) is 0 Å². The molecule has 6 nitrogen and oxygen atoms in total. The van der Waals surface area contributed by atoms with E-state index in [-0.39, 0.29) is 0 Å². The highest BCUT2D eigenvalue weighted by atomic mass is 16.5. The molecular formula is C15H19N3O3. The standard InChI is InChI=1S/C15H19N3O3/c1-2-20-14(19)6-5-13-15(18-9-8-17-13)21-11-12-4-3-7-16-10-12/h8-9,12,16H,2-4,7,10-11H2,1H3. The number of nitrogens with one attached hydrogen (secondary N) is 1. The number of piperidine rings is 1. The second-order valence-corrected chi connectivity index (χ2v) is 4.70. The van der Waals surface area contributed by atoms with Crippen LogP contribution in [0.1, 0.15) is 25.5 Å². The van der Waals surface area contributed by atoms with E-state index in [9.17, 15) is 4.79 Å². The Labute approximate surface area is 124 Å². The first-order valence-electron chi connectivity index (χ1n) is 7.13. The Balaban J connectivity index is 1.97. The lowest BCUT2D eigenvalue weighted by Gasteiger charge is -2.22. The van der Waals surface area contributed by atoms with Gasteiger partial charge in [-0.05, 0) is 32.2 Å². The van der Waals surface area contributed by atoms with Gasteiger partial charge in [-0.25, -0.2) is 14.8 Å². The molecule has 0 aliphatic carbocycles. The quantitative estimate of drug-likeness (QED) is 0.652. The Morgan fingerprint density at radius 1 is 1.48 bits per heavy atom. The van der Waals surface area contributed by atoms with Crippen molar-refractivity contribution in [1.29, 1.82) is 0 Å². The van der Waals surface area contributed by atoms with E-state index in [0.29, 0.717) is 30.7 Å². The number of aromatic nitrogens is 2. The molecule has 1 fully saturated rings. The fourth-order valence-corrected chi connectivity index (χ4v) is 2.06. The maximum Gasteiger partial charge on any atom is 0.384 e. The molecule has 1 aliphatic rings. The van der Waals surface area contributed by atoms with Gasteiger partial charge in [0.1, 0.15) is 0 Å². The van der Waals surface area contributed by atoms with E-state index in [1.165, 1.54) is 6.20 Å². The average Bonchev–Trinajstić information content (AvgIpc) is 2.53. The maximum atomic E-state index is 11.2. The number of carbonyl (C=O) groups excluding carboxylic acids is 1. The van der Waals surface area contributed by atoms with E-state index >= 15 is 0 Å². The number of hydrogen-bond acceptors (Lipinski definition) is 6. The van der Waals surface area contributed by atoms with Crippen molar-refractivity contribution >= 4 is 5.97 Å². The fourth-order valence-electron chi connectivity index (χ4n) is 2.06. The van der Waals surface area contributed by atoms with E-state index in [1.54, 1.807) is 13.1 Å². The maximum absolute atomic E-state index is 11.2. The third kappa shape index (κ3) is 5.04. The van der Waals surface area contributed by atoms with Crippen LogP contribution in [-0.4, -0.2) is 42.2 Å². The summed E-state index contributed by atoms with van der Waals surface area (Å²) in [7, 11) is 0. The summed E-state index contributed by atoms with van der Waals surface area (Å²) in [6.45, 7) is 4.61. The summed E-state index contributed by atoms with van der Waals surface area (Å²) in [6, 6.07) is 0. The van der Waals surface area contributed by atoms with Gasteiger partial charge in [-0.2, -0.15) is 0 Å². The van der Waals surface area contributed by atoms with E-state index in [2.05, 4.69) is 27.1 Å². The molecule has 1 aromatic rings. The molecule has 112 valence electrons. The van der Waals surface area contributed by atoms with Gasteiger partial charge in [0.25, 0.3) is 0 Å². The van der Waals surface area contributed by atoms with E-state index in [0.717, 1.165) is 25.9 Å². The number of carbonyl (C=O) groups is 1. The van der Waals surface area contributed by atoms with Gasteiger partial charge in [-0.3, -0.25) is 0 Å². The van der Waals surface area contributed by atoms with Gasteiger partial charge in [-0.15, -0.1) is 0 Å². The average molecular weight is 289 g/mol. The number of ether oxygens (including phenoxy) is 2. The van der Waals surface area contributed by atoms with E-state index in [1.807, 2.05) is 0 Å². The molecule has 1 atom stereocenters. The Bertz CT molecular complexity index is 530. The molecule has 1 saturated heterocycles. The number of hydrogen-bond donors (Lipinski definition) is 1. The van der Waals surface area contributed by atoms with Crippen LogP contribution in [0.3, 0.4) is 0 Å². The van der Waals surface area contributed by atoms with Crippen molar-refractivity contribution in [1.82, 2.24) is 15.3 Å². The lowest BCUT2D eigenvalue weighted by Crippen LogP contribution is -2.33. The molecule has 0 aromatic carbocycles. The van der Waals surface area contributed by atoms with Crippen molar-refractivity contribution < 1.29 is 14.3 Å². The predicted octanol–water partition coefficient (Wildman–Crippen LogP) is 0.770. The first-order chi connectivity index (χ1) is 10.3. The van der Waals surface area contributed by atoms with Crippen LogP contribution in [0.15, 0.2) is 12.4 Å². The van der Waals surface area contributed by atoms with Crippen molar-refractivity contribution in [3.63, 3.8) is 0 Å². The summed E-state index contributed by atoms with van der Waals surface area (Å²) in [5, 5.41) is 3.33. The monoisotopic (exact) mass is 289 g/mol. The van der Waals surface area contributed by atoms with Crippen molar-refractivity contribution in [2.24, 2.45) is 5.92 Å². The van der Waals surface area contributed by atoms with E-state index < -0.39 is 5.97 Å². The van der Waals surface area contributed by atoms with Crippen LogP contribution in [0.2, 0.25) is 0 Å². The van der Waals surface area contributed by atoms with Crippen molar-refractivity contribution in [2.75, 3.05) is 26.3 Å². The summed E-state index contributed by atoms with van der Waals surface area (Å²) in [4.78, 5) is 19.5. The first-order valence-corrected chi connectivity index (χ1v) is 7.13. The van der Waals surface area contributed by atoms with Crippen molar-refractivity contribution in [2.45, 2.75) is 19.8 Å². The number of nitrogens with zero attached hydrogens (tertiary/aromatic N) is 2. The highest BCUT2D eigenvalue weighted by Crippen LogP contribution is 2.15. The summed E-state index contributed by atoms with van der Waals surface area (Å²) in [6.07, 6.45) is 5.36. The van der Waals surface area contributed by atoms with Crippen LogP contribution in [0, 0.1) is 17.8 Å². The molecule has 0 bridgehead atoms. The molecule has 0 saturated carbocycles. The minimum atomic E-state index is -0.578. The van der Waals surface area contributed by atoms with Crippen LogP contribution in [0.4, 0.5) is 0 Å². The van der Waals surface area contributed by atoms with Crippen LogP contribution in [-0.2, 0) is 9.53 Å². The SMILES string of the molecule is CCOC(=O)C#Cc1nccnc1OCC1CCCNC1. The van der Waals surface area contributed by atoms with Gasteiger partial charge >= 0.3 is 5.97 Å². The third-order valence-electron chi connectivity index (χ3n) is 3.08. The molecule has 21 heavy (non-hydrogen) atoms. The second-order valence-electron chi connectivity index (χ2n) is 4.70. The zero-order valence-corrected chi connectivity index (χ0v) is 12.1. The zero-order chi connectivity index (χ0) is 14.9. The van der Waals surface area contributed by atoms with Crippen LogP contribution in [0.5, 0.6) is 5.88 Å². The molecule has 2 rings (SSSR count). The van der Waals surface area contributed by atoms with Crippen LogP contribution < -0.4 is 10.1 Å². The number of esters is 1. The summed E-state index contributed by atoms with van der Waals surface area (Å²) < 4.78 is 10.4. The van der Waals surface area contributed by atoms with Crippen LogP contribution >= 0.6 is 0 Å². The summed E-state index contributed by atoms with van der Waals surface area (Å²) in [5.41, 5.74) is 0.356. The molecule has 1 N–H and O–H groups in total. The lowest BCUT2D eigenvalue weighted by molar-refractivity contribution is -0.136. The lowest BCUT2D eigenvalue weighted by atomic mass is 10.0. The molecule has 2 heterocycles. The Hall–Kier alpha value is -2.13. The molecular weight excluding hydrogens is 270 g/mol. The number of rotatable bonds is 4. The third-order valence-corrected chi connectivity index (χ3v) is 3.08. The predicted molar refractivity (Wildman–Crippen MR) is 76.6 cm³/mol. The Morgan fingerprint density at radius 3 is 3.10 bits per heavy atom. The molecule has 0 radical (unpaired) electrons. The highest BCUT2D eigenvalue weighted by Gasteiger charge is 2.15. The highest BCUT2D eigenvalue weighted by molar-refractivity contribution is 5.89. The van der Waals surface area contributed by atoms with Gasteiger partial charge in [0.2, 0.25) is 5.88 Å². The van der Waals surface area contributed by atoms with Gasteiger partial charge < -0.3 is 14.8 Å². The zero-order valence-electron chi connectivity index (χ0n) is 12.1. The largest absolute Gasteiger partial charge is 0.475 e. The normalized spacial score (nSPS) is 17.5. The minimum Gasteiger partial charge on any atom is -0.475 e. The van der Waals surface area contributed by atoms with Gasteiger partial charge in [0, 0.05) is 30.8 Å². The smallest absolute Gasteiger partial charge is 0.384 e. The molecule has 0 spiro atoms. The minimum absolute atomic E-state index is 0.298. The Morgan fingerprint density at radius 2 is 2.33 bits per heavy atom. The molecule has 6 heteroatoms. The van der Waals surface area contributed by atoms with Gasteiger partial charge in [0.15, 0.2) is 5.69 Å². The fraction of sp³-hybridized carbons (Fsp3) is 0.533. The second kappa shape index (κ2) is 8.22. The van der Waals surface area contributed by atoms with E-state index in [4.69, 9.17) is 9.47 Å². The van der Waals surface area contributed by atoms with Gasteiger partial charge in [0.05, 0.1) is 13.2 Å². The van der Waals surface area contributed by atoms with Crippen LogP contribution in [0.25, 0.3) is 0 Å². The van der Waals surface area contributed by atoms with Crippen molar-refractivity contribution in [3.8, 4) is 17.7 Å². The molecule has 1 aromatic heterocycles. The molecule has 1 aliphatic heterocycles.